The lowest BCUT2D eigenvalue weighted by Crippen LogP contribution is -2.18. The summed E-state index contributed by atoms with van der Waals surface area (Å²) in [5.74, 6) is 1.69. The number of rotatable bonds is 4. The summed E-state index contributed by atoms with van der Waals surface area (Å²) in [6, 6.07) is 64.4. The number of nitrogens with zero attached hydrogens (tertiary/aromatic N) is 1. The predicted octanol–water partition coefficient (Wildman–Crippen LogP) is 14.9. The molecule has 0 N–H and O–H groups in total. The zero-order chi connectivity index (χ0) is 37.8. The zero-order valence-corrected chi connectivity index (χ0v) is 32.1. The van der Waals surface area contributed by atoms with Crippen molar-refractivity contribution in [3.05, 3.63) is 198 Å². The molecule has 268 valence electrons. The molecule has 3 aliphatic rings. The molecule has 1 heterocycles. The van der Waals surface area contributed by atoms with E-state index in [2.05, 4.69) is 209 Å². The molecule has 0 radical (unpaired) electrons. The van der Waals surface area contributed by atoms with E-state index in [4.69, 9.17) is 4.74 Å². The van der Waals surface area contributed by atoms with E-state index >= 15 is 0 Å². The molecule has 0 fully saturated rings. The Hall–Kier alpha value is -6.64. The van der Waals surface area contributed by atoms with Crippen LogP contribution in [0, 0.1) is 0 Å². The first-order chi connectivity index (χ1) is 27.3. The maximum absolute atomic E-state index is 7.26. The van der Waals surface area contributed by atoms with E-state index < -0.39 is 0 Å². The van der Waals surface area contributed by atoms with Crippen LogP contribution in [0.4, 0.5) is 17.1 Å². The quantitative estimate of drug-likeness (QED) is 0.180. The first kappa shape index (κ1) is 32.8. The van der Waals surface area contributed by atoms with Crippen LogP contribution in [0.25, 0.3) is 55.6 Å². The summed E-state index contributed by atoms with van der Waals surface area (Å²) in [6.45, 7) is 9.43. The van der Waals surface area contributed by atoms with Crippen molar-refractivity contribution in [3.8, 4) is 67.1 Å². The van der Waals surface area contributed by atoms with Crippen molar-refractivity contribution in [2.45, 2.75) is 38.5 Å². The average molecular weight is 720 g/mol. The van der Waals surface area contributed by atoms with E-state index in [9.17, 15) is 0 Å². The number of benzene rings is 8. The van der Waals surface area contributed by atoms with Crippen molar-refractivity contribution in [1.29, 1.82) is 0 Å². The van der Waals surface area contributed by atoms with Gasteiger partial charge in [-0.15, -0.1) is 0 Å². The minimum Gasteiger partial charge on any atom is -0.454 e. The third-order valence-corrected chi connectivity index (χ3v) is 12.7. The van der Waals surface area contributed by atoms with Crippen molar-refractivity contribution in [3.63, 3.8) is 0 Å². The molecule has 2 heteroatoms. The Morgan fingerprint density at radius 2 is 0.857 bits per heavy atom. The molecule has 0 saturated carbocycles. The van der Waals surface area contributed by atoms with Crippen molar-refractivity contribution >= 4 is 17.1 Å². The maximum Gasteiger partial charge on any atom is 0.159 e. The molecule has 0 aromatic heterocycles. The van der Waals surface area contributed by atoms with E-state index in [1.165, 1.54) is 55.6 Å². The lowest BCUT2D eigenvalue weighted by Gasteiger charge is -2.31. The second-order valence-corrected chi connectivity index (χ2v) is 16.5. The van der Waals surface area contributed by atoms with Crippen LogP contribution in [0.2, 0.25) is 0 Å². The second-order valence-electron chi connectivity index (χ2n) is 16.5. The highest BCUT2D eigenvalue weighted by atomic mass is 16.5. The van der Waals surface area contributed by atoms with Gasteiger partial charge in [-0.05, 0) is 109 Å². The maximum atomic E-state index is 7.26. The molecule has 11 rings (SSSR count). The van der Waals surface area contributed by atoms with Crippen molar-refractivity contribution < 1.29 is 4.74 Å². The fourth-order valence-corrected chi connectivity index (χ4v) is 9.81. The van der Waals surface area contributed by atoms with Crippen LogP contribution < -0.4 is 9.64 Å². The number of para-hydroxylation sites is 1. The van der Waals surface area contributed by atoms with Crippen molar-refractivity contribution in [1.82, 2.24) is 0 Å². The molecule has 8 aromatic carbocycles. The summed E-state index contributed by atoms with van der Waals surface area (Å²) in [5.41, 5.74) is 20.4. The summed E-state index contributed by atoms with van der Waals surface area (Å²) < 4.78 is 7.26. The molecular formula is C54H41NO. The second kappa shape index (κ2) is 11.9. The Labute approximate surface area is 329 Å². The summed E-state index contributed by atoms with van der Waals surface area (Å²) in [5, 5.41) is 0. The highest BCUT2D eigenvalue weighted by molar-refractivity contribution is 5.97. The Morgan fingerprint density at radius 1 is 0.357 bits per heavy atom. The zero-order valence-electron chi connectivity index (χ0n) is 32.1. The van der Waals surface area contributed by atoms with Gasteiger partial charge in [0.2, 0.25) is 0 Å². The molecule has 0 amide bonds. The lowest BCUT2D eigenvalue weighted by molar-refractivity contribution is 0.489. The highest BCUT2D eigenvalue weighted by Crippen LogP contribution is 2.56. The third kappa shape index (κ3) is 4.69. The summed E-state index contributed by atoms with van der Waals surface area (Å²) in [4.78, 5) is 2.43. The molecule has 56 heavy (non-hydrogen) atoms. The van der Waals surface area contributed by atoms with Gasteiger partial charge in [0.25, 0.3) is 0 Å². The fraction of sp³-hybridized carbons (Fsp3) is 0.111. The van der Waals surface area contributed by atoms with Crippen LogP contribution in [-0.4, -0.2) is 0 Å². The van der Waals surface area contributed by atoms with E-state index in [1.54, 1.807) is 0 Å². The number of fused-ring (bicyclic) bond motifs is 11. The van der Waals surface area contributed by atoms with Crippen LogP contribution >= 0.6 is 0 Å². The number of ether oxygens (including phenoxy) is 1. The standard InChI is InChI=1S/C54H41NO/c1-53(2)46-22-12-10-19-40(46)42-28-26-36(32-48(42)53)55(37-27-29-43-41-20-11-13-23-47(41)54(3,4)49(43)33-37)50-24-14-21-44-38-17-8-9-18-39(38)45-31-35(34-15-6-5-7-16-34)25-30-51(45)56-52(44)50/h5-33H,1-4H3. The summed E-state index contributed by atoms with van der Waals surface area (Å²) in [6.07, 6.45) is 0. The van der Waals surface area contributed by atoms with Gasteiger partial charge in [0.05, 0.1) is 5.69 Å². The third-order valence-electron chi connectivity index (χ3n) is 12.7. The normalized spacial score (nSPS) is 14.5. The van der Waals surface area contributed by atoms with E-state index in [1.807, 2.05) is 0 Å². The van der Waals surface area contributed by atoms with E-state index in [0.717, 1.165) is 50.8 Å². The Kier molecular flexibility index (Phi) is 6.98. The Balaban J connectivity index is 1.15. The molecule has 0 unspecified atom stereocenters. The van der Waals surface area contributed by atoms with E-state index in [0.29, 0.717) is 0 Å². The van der Waals surface area contributed by atoms with Gasteiger partial charge in [-0.1, -0.05) is 161 Å². The first-order valence-corrected chi connectivity index (χ1v) is 19.7. The predicted molar refractivity (Wildman–Crippen MR) is 233 cm³/mol. The molecule has 8 aromatic rings. The molecule has 0 saturated heterocycles. The molecule has 0 atom stereocenters. The molecule has 2 aliphatic carbocycles. The van der Waals surface area contributed by atoms with Gasteiger partial charge in [-0.3, -0.25) is 0 Å². The Morgan fingerprint density at radius 3 is 1.46 bits per heavy atom. The lowest BCUT2D eigenvalue weighted by atomic mass is 9.82. The van der Waals surface area contributed by atoms with Crippen molar-refractivity contribution in [2.24, 2.45) is 0 Å². The van der Waals surface area contributed by atoms with Gasteiger partial charge >= 0.3 is 0 Å². The van der Waals surface area contributed by atoms with E-state index in [-0.39, 0.29) is 10.8 Å². The number of anilines is 3. The SMILES string of the molecule is CC1(C)c2ccccc2-c2ccc(N(c3ccc4c(c3)C(C)(C)c3ccccc3-4)c3cccc4c3Oc3ccc(-c5ccccc5)cc3-c3ccccc3-4)cc21. The Bertz CT molecular complexity index is 2790. The van der Waals surface area contributed by atoms with Gasteiger partial charge in [0, 0.05) is 33.3 Å². The smallest absolute Gasteiger partial charge is 0.159 e. The topological polar surface area (TPSA) is 12.5 Å². The molecular weight excluding hydrogens is 679 g/mol. The van der Waals surface area contributed by atoms with Crippen LogP contribution in [0.1, 0.15) is 49.9 Å². The number of hydrogen-bond acceptors (Lipinski definition) is 2. The minimum absolute atomic E-state index is 0.145. The van der Waals surface area contributed by atoms with Crippen LogP contribution in [0.3, 0.4) is 0 Å². The summed E-state index contributed by atoms with van der Waals surface area (Å²) >= 11 is 0. The fourth-order valence-electron chi connectivity index (χ4n) is 9.81. The summed E-state index contributed by atoms with van der Waals surface area (Å²) in [7, 11) is 0. The molecule has 1 aliphatic heterocycles. The van der Waals surface area contributed by atoms with Crippen LogP contribution in [0.15, 0.2) is 176 Å². The molecule has 2 nitrogen and oxygen atoms in total. The van der Waals surface area contributed by atoms with Crippen molar-refractivity contribution in [2.75, 3.05) is 4.90 Å². The number of hydrogen-bond donors (Lipinski definition) is 0. The molecule has 0 spiro atoms. The van der Waals surface area contributed by atoms with Crippen LogP contribution in [0.5, 0.6) is 11.5 Å². The average Bonchev–Trinajstić information content (AvgIpc) is 3.53. The van der Waals surface area contributed by atoms with Gasteiger partial charge in [0.15, 0.2) is 5.75 Å². The minimum atomic E-state index is -0.145. The first-order valence-electron chi connectivity index (χ1n) is 19.7. The van der Waals surface area contributed by atoms with Gasteiger partial charge in [-0.2, -0.15) is 0 Å². The largest absolute Gasteiger partial charge is 0.454 e. The molecule has 0 bridgehead atoms. The highest BCUT2D eigenvalue weighted by Gasteiger charge is 2.38. The monoisotopic (exact) mass is 719 g/mol. The van der Waals surface area contributed by atoms with Gasteiger partial charge in [-0.25, -0.2) is 0 Å². The van der Waals surface area contributed by atoms with Gasteiger partial charge < -0.3 is 9.64 Å². The van der Waals surface area contributed by atoms with Crippen LogP contribution in [-0.2, 0) is 10.8 Å². The van der Waals surface area contributed by atoms with Gasteiger partial charge in [0.1, 0.15) is 5.75 Å².